The predicted molar refractivity (Wildman–Crippen MR) is 76.7 cm³/mol. The fraction of sp³-hybridized carbons (Fsp3) is 0.467. The molecule has 4 heteroatoms. The van der Waals surface area contributed by atoms with Gasteiger partial charge >= 0.3 is 6.09 Å². The molecular weight excluding hydrogens is 240 g/mol. The van der Waals surface area contributed by atoms with Crippen LogP contribution < -0.4 is 5.32 Å². The molecule has 0 bridgehead atoms. The van der Waals surface area contributed by atoms with Crippen LogP contribution in [0.15, 0.2) is 30.6 Å². The third-order valence-electron chi connectivity index (χ3n) is 2.25. The summed E-state index contributed by atoms with van der Waals surface area (Å²) in [5.74, 6) is 0. The van der Waals surface area contributed by atoms with Crippen molar-refractivity contribution in [3.8, 4) is 0 Å². The van der Waals surface area contributed by atoms with Gasteiger partial charge in [-0.05, 0) is 45.7 Å². The summed E-state index contributed by atoms with van der Waals surface area (Å²) < 4.78 is 5.19. The fourth-order valence-electron chi connectivity index (χ4n) is 1.45. The lowest BCUT2D eigenvalue weighted by molar-refractivity contribution is 0.0509. The van der Waals surface area contributed by atoms with Gasteiger partial charge in [-0.1, -0.05) is 18.2 Å². The molecular formula is C15H22N2O2. The lowest BCUT2D eigenvalue weighted by Gasteiger charge is -2.21. The van der Waals surface area contributed by atoms with Crippen LogP contribution in [0.25, 0.3) is 6.08 Å². The average molecular weight is 262 g/mol. The number of aromatic nitrogens is 1. The number of ether oxygens (including phenoxy) is 1. The number of hydrogen-bond donors (Lipinski definition) is 1. The van der Waals surface area contributed by atoms with Crippen molar-refractivity contribution in [3.63, 3.8) is 0 Å². The molecule has 1 atom stereocenters. The molecule has 0 saturated heterocycles. The summed E-state index contributed by atoms with van der Waals surface area (Å²) in [4.78, 5) is 15.6. The first-order chi connectivity index (χ1) is 8.87. The van der Waals surface area contributed by atoms with Gasteiger partial charge in [0.15, 0.2) is 0 Å². The van der Waals surface area contributed by atoms with E-state index in [1.165, 1.54) is 0 Å². The molecule has 1 N–H and O–H groups in total. The van der Waals surface area contributed by atoms with Gasteiger partial charge in [0.25, 0.3) is 0 Å². The summed E-state index contributed by atoms with van der Waals surface area (Å²) in [5, 5.41) is 2.79. The second-order valence-electron chi connectivity index (χ2n) is 5.47. The van der Waals surface area contributed by atoms with Crippen molar-refractivity contribution in [1.82, 2.24) is 10.3 Å². The van der Waals surface area contributed by atoms with Crippen LogP contribution in [-0.4, -0.2) is 22.7 Å². The maximum Gasteiger partial charge on any atom is 0.407 e. The molecule has 0 aromatic carbocycles. The van der Waals surface area contributed by atoms with Gasteiger partial charge in [0.2, 0.25) is 0 Å². The van der Waals surface area contributed by atoms with Crippen molar-refractivity contribution in [2.75, 3.05) is 0 Å². The number of pyridine rings is 1. The lowest BCUT2D eigenvalue weighted by atomic mass is 10.2. The Morgan fingerprint density at radius 3 is 2.84 bits per heavy atom. The number of carbonyl (C=O) groups is 1. The van der Waals surface area contributed by atoms with Crippen molar-refractivity contribution in [3.05, 3.63) is 36.2 Å². The van der Waals surface area contributed by atoms with Crippen molar-refractivity contribution in [1.29, 1.82) is 0 Å². The highest BCUT2D eigenvalue weighted by Crippen LogP contribution is 2.07. The fourth-order valence-corrected chi connectivity index (χ4v) is 1.45. The van der Waals surface area contributed by atoms with Gasteiger partial charge in [0.1, 0.15) is 5.60 Å². The number of nitrogens with zero attached hydrogens (tertiary/aromatic N) is 1. The van der Waals surface area contributed by atoms with Crippen LogP contribution in [0.5, 0.6) is 0 Å². The summed E-state index contributed by atoms with van der Waals surface area (Å²) in [6.45, 7) is 7.48. The standard InChI is InChI=1S/C15H22N2O2/c1-12(17-14(18)19-15(2,3)4)7-5-8-13-9-6-10-16-11-13/h5-6,8-12H,7H2,1-4H3,(H,17,18)/b8-5-/t12-/m1/s1. The average Bonchev–Trinajstić information content (AvgIpc) is 2.27. The molecule has 0 fully saturated rings. The van der Waals surface area contributed by atoms with Crippen LogP contribution in [0.1, 0.15) is 39.7 Å². The molecule has 4 nitrogen and oxygen atoms in total. The minimum absolute atomic E-state index is 0.0303. The first-order valence-electron chi connectivity index (χ1n) is 6.43. The lowest BCUT2D eigenvalue weighted by Crippen LogP contribution is -2.37. The zero-order chi connectivity index (χ0) is 14.3. The van der Waals surface area contributed by atoms with Gasteiger partial charge in [-0.15, -0.1) is 0 Å². The Labute approximate surface area is 114 Å². The normalized spacial score (nSPS) is 13.3. The first-order valence-corrected chi connectivity index (χ1v) is 6.43. The van der Waals surface area contributed by atoms with Crippen LogP contribution in [-0.2, 0) is 4.74 Å². The number of rotatable bonds is 4. The van der Waals surface area contributed by atoms with Crippen LogP contribution in [0.4, 0.5) is 4.79 Å². The summed E-state index contributed by atoms with van der Waals surface area (Å²) >= 11 is 0. The van der Waals surface area contributed by atoms with Gasteiger partial charge < -0.3 is 10.1 Å². The van der Waals surface area contributed by atoms with Crippen molar-refractivity contribution >= 4 is 12.2 Å². The van der Waals surface area contributed by atoms with E-state index in [4.69, 9.17) is 4.74 Å². The Morgan fingerprint density at radius 1 is 1.53 bits per heavy atom. The number of carbonyl (C=O) groups excluding carboxylic acids is 1. The predicted octanol–water partition coefficient (Wildman–Crippen LogP) is 3.40. The van der Waals surface area contributed by atoms with Crippen molar-refractivity contribution in [2.24, 2.45) is 0 Å². The monoisotopic (exact) mass is 262 g/mol. The van der Waals surface area contributed by atoms with Gasteiger partial charge in [-0.25, -0.2) is 4.79 Å². The highest BCUT2D eigenvalue weighted by atomic mass is 16.6. The number of nitrogens with one attached hydrogen (secondary N) is 1. The molecule has 0 aliphatic carbocycles. The van der Waals surface area contributed by atoms with Crippen LogP contribution in [0.2, 0.25) is 0 Å². The minimum Gasteiger partial charge on any atom is -0.444 e. The maximum atomic E-state index is 11.5. The smallest absolute Gasteiger partial charge is 0.407 e. The van der Waals surface area contributed by atoms with E-state index in [0.29, 0.717) is 0 Å². The van der Waals surface area contributed by atoms with Crippen molar-refractivity contribution < 1.29 is 9.53 Å². The molecule has 0 unspecified atom stereocenters. The molecule has 104 valence electrons. The Bertz CT molecular complexity index is 422. The van der Waals surface area contributed by atoms with Gasteiger partial charge in [-0.2, -0.15) is 0 Å². The SMILES string of the molecule is C[C@H](C/C=C\c1cccnc1)NC(=O)OC(C)(C)C. The third-order valence-corrected chi connectivity index (χ3v) is 2.25. The Hall–Kier alpha value is -1.84. The molecule has 1 aromatic heterocycles. The second-order valence-corrected chi connectivity index (χ2v) is 5.47. The Balaban J connectivity index is 2.34. The summed E-state index contributed by atoms with van der Waals surface area (Å²) in [6, 6.07) is 3.90. The van der Waals surface area contributed by atoms with E-state index in [1.807, 2.05) is 52.0 Å². The molecule has 0 saturated carbocycles. The van der Waals surface area contributed by atoms with E-state index in [2.05, 4.69) is 10.3 Å². The molecule has 1 amide bonds. The van der Waals surface area contributed by atoms with Crippen molar-refractivity contribution in [2.45, 2.75) is 45.8 Å². The van der Waals surface area contributed by atoms with Gasteiger partial charge in [0.05, 0.1) is 0 Å². The second kappa shape index (κ2) is 6.92. The highest BCUT2D eigenvalue weighted by molar-refractivity contribution is 5.68. The van der Waals surface area contributed by atoms with E-state index in [-0.39, 0.29) is 12.1 Å². The molecule has 1 aromatic rings. The number of hydrogen-bond acceptors (Lipinski definition) is 3. The topological polar surface area (TPSA) is 51.2 Å². The van der Waals surface area contributed by atoms with E-state index >= 15 is 0 Å². The summed E-state index contributed by atoms with van der Waals surface area (Å²) in [7, 11) is 0. The molecule has 19 heavy (non-hydrogen) atoms. The minimum atomic E-state index is -0.463. The Kier molecular flexibility index (Phi) is 5.55. The van der Waals surface area contributed by atoms with Gasteiger partial charge in [0, 0.05) is 18.4 Å². The molecule has 0 aliphatic heterocycles. The van der Waals surface area contributed by atoms with E-state index in [0.717, 1.165) is 12.0 Å². The largest absolute Gasteiger partial charge is 0.444 e. The third kappa shape index (κ3) is 7.24. The quantitative estimate of drug-likeness (QED) is 0.904. The van der Waals surface area contributed by atoms with Crippen LogP contribution in [0.3, 0.4) is 0 Å². The van der Waals surface area contributed by atoms with E-state index < -0.39 is 5.60 Å². The molecule has 0 radical (unpaired) electrons. The number of amides is 1. The molecule has 0 spiro atoms. The molecule has 1 rings (SSSR count). The Morgan fingerprint density at radius 2 is 2.26 bits per heavy atom. The molecule has 1 heterocycles. The molecule has 0 aliphatic rings. The summed E-state index contributed by atoms with van der Waals surface area (Å²) in [5.41, 5.74) is 0.585. The van der Waals surface area contributed by atoms with Crippen LogP contribution in [0, 0.1) is 0 Å². The van der Waals surface area contributed by atoms with Gasteiger partial charge in [-0.3, -0.25) is 4.98 Å². The zero-order valence-corrected chi connectivity index (χ0v) is 12.0. The van der Waals surface area contributed by atoms with Crippen LogP contribution >= 0.6 is 0 Å². The summed E-state index contributed by atoms with van der Waals surface area (Å²) in [6.07, 6.45) is 7.90. The highest BCUT2D eigenvalue weighted by Gasteiger charge is 2.16. The van der Waals surface area contributed by atoms with E-state index in [1.54, 1.807) is 12.4 Å². The first kappa shape index (κ1) is 15.2. The number of alkyl carbamates (subject to hydrolysis) is 1. The van der Waals surface area contributed by atoms with E-state index in [9.17, 15) is 4.79 Å². The maximum absolute atomic E-state index is 11.5. The zero-order valence-electron chi connectivity index (χ0n) is 12.0.